The van der Waals surface area contributed by atoms with Gasteiger partial charge < -0.3 is 15.2 Å². The van der Waals surface area contributed by atoms with Crippen molar-refractivity contribution in [2.45, 2.75) is 13.5 Å². The summed E-state index contributed by atoms with van der Waals surface area (Å²) in [7, 11) is 1.51. The van der Waals surface area contributed by atoms with Crippen molar-refractivity contribution in [3.63, 3.8) is 0 Å². The van der Waals surface area contributed by atoms with E-state index in [0.717, 1.165) is 22.3 Å². The number of amides is 1. The number of aliphatic carboxylic acids is 1. The van der Waals surface area contributed by atoms with Crippen LogP contribution < -0.4 is 10.1 Å². The first-order chi connectivity index (χ1) is 18.8. The average molecular weight is 526 g/mol. The monoisotopic (exact) mass is 525 g/mol. The van der Waals surface area contributed by atoms with Crippen molar-refractivity contribution in [3.05, 3.63) is 102 Å². The molecule has 0 spiro atoms. The molecule has 39 heavy (non-hydrogen) atoms. The second-order valence-corrected chi connectivity index (χ2v) is 9.60. The van der Waals surface area contributed by atoms with Gasteiger partial charge in [0.05, 0.1) is 13.0 Å². The number of rotatable bonds is 8. The molecule has 7 nitrogen and oxygen atoms in total. The van der Waals surface area contributed by atoms with Crippen molar-refractivity contribution < 1.29 is 23.8 Å². The molecule has 0 atom stereocenters. The number of carboxylic acid groups (broad SMARTS) is 1. The molecule has 1 aliphatic heterocycles. The van der Waals surface area contributed by atoms with Gasteiger partial charge in [-0.15, -0.1) is 0 Å². The van der Waals surface area contributed by atoms with Gasteiger partial charge >= 0.3 is 5.97 Å². The Balaban J connectivity index is 1.41. The first kappa shape index (κ1) is 26.1. The Morgan fingerprint density at radius 3 is 2.46 bits per heavy atom. The van der Waals surface area contributed by atoms with E-state index in [1.807, 2.05) is 60.4 Å². The molecule has 3 aromatic carbocycles. The molecule has 198 valence electrons. The Bertz CT molecular complexity index is 1530. The lowest BCUT2D eigenvalue weighted by atomic mass is 9.91. The highest BCUT2D eigenvalue weighted by atomic mass is 19.1. The van der Waals surface area contributed by atoms with Crippen molar-refractivity contribution in [2.75, 3.05) is 25.5 Å². The average Bonchev–Trinajstić information content (AvgIpc) is 2.91. The molecule has 0 saturated carbocycles. The van der Waals surface area contributed by atoms with E-state index in [4.69, 9.17) is 9.84 Å². The van der Waals surface area contributed by atoms with Gasteiger partial charge in [-0.25, -0.2) is 4.39 Å². The van der Waals surface area contributed by atoms with Gasteiger partial charge in [0.2, 0.25) is 0 Å². The molecule has 1 fully saturated rings. The van der Waals surface area contributed by atoms with Crippen LogP contribution in [0.2, 0.25) is 0 Å². The molecule has 4 aromatic rings. The van der Waals surface area contributed by atoms with Crippen LogP contribution in [0.1, 0.15) is 21.6 Å². The summed E-state index contributed by atoms with van der Waals surface area (Å²) in [5, 5.41) is 12.0. The van der Waals surface area contributed by atoms with Crippen molar-refractivity contribution in [3.8, 4) is 28.0 Å². The highest BCUT2D eigenvalue weighted by molar-refractivity contribution is 6.03. The fourth-order valence-corrected chi connectivity index (χ4v) is 4.90. The minimum absolute atomic E-state index is 0.287. The summed E-state index contributed by atoms with van der Waals surface area (Å²) in [5.74, 6) is -1.51. The number of hydrogen-bond acceptors (Lipinski definition) is 5. The Hall–Kier alpha value is -4.56. The van der Waals surface area contributed by atoms with E-state index in [1.54, 1.807) is 24.4 Å². The zero-order valence-corrected chi connectivity index (χ0v) is 21.6. The number of methoxy groups -OCH3 is 1. The van der Waals surface area contributed by atoms with Gasteiger partial charge in [0.25, 0.3) is 5.91 Å². The summed E-state index contributed by atoms with van der Waals surface area (Å²) < 4.78 is 20.9. The molecule has 0 aliphatic carbocycles. The van der Waals surface area contributed by atoms with Crippen LogP contribution in [-0.4, -0.2) is 47.1 Å². The zero-order chi connectivity index (χ0) is 27.5. The Labute approximate surface area is 225 Å². The number of hydrogen-bond donors (Lipinski definition) is 2. The standard InChI is InChI=1S/C31H28FN3O4/c1-19-24(20-7-5-8-23(13-20)34-30(36)28-11-3-4-12-33-28)9-6-10-25(19)21-14-27(32)26(29(15-21)39-2)18-35-16-22(17-35)31(37)38/h3-15,22H,16-18H2,1-2H3,(H,34,36)(H,37,38). The third-order valence-corrected chi connectivity index (χ3v) is 7.04. The van der Waals surface area contributed by atoms with Gasteiger partial charge in [0, 0.05) is 37.1 Å². The van der Waals surface area contributed by atoms with Crippen molar-refractivity contribution >= 4 is 17.6 Å². The van der Waals surface area contributed by atoms with Crippen LogP contribution in [0.15, 0.2) is 79.0 Å². The van der Waals surface area contributed by atoms with Crippen molar-refractivity contribution in [2.24, 2.45) is 5.92 Å². The topological polar surface area (TPSA) is 91.8 Å². The molecule has 0 radical (unpaired) electrons. The third kappa shape index (κ3) is 5.51. The summed E-state index contributed by atoms with van der Waals surface area (Å²) in [5.41, 5.74) is 5.72. The quantitative estimate of drug-likeness (QED) is 0.309. The van der Waals surface area contributed by atoms with Crippen LogP contribution in [-0.2, 0) is 11.3 Å². The lowest BCUT2D eigenvalue weighted by Crippen LogP contribution is -2.49. The van der Waals surface area contributed by atoms with Gasteiger partial charge in [0.15, 0.2) is 0 Å². The van der Waals surface area contributed by atoms with E-state index in [-0.39, 0.29) is 12.5 Å². The number of carbonyl (C=O) groups is 2. The van der Waals surface area contributed by atoms with Gasteiger partial charge in [0.1, 0.15) is 17.3 Å². The van der Waals surface area contributed by atoms with Crippen LogP contribution in [0, 0.1) is 18.7 Å². The predicted molar refractivity (Wildman–Crippen MR) is 147 cm³/mol. The predicted octanol–water partition coefficient (Wildman–Crippen LogP) is 5.64. The smallest absolute Gasteiger partial charge is 0.309 e. The van der Waals surface area contributed by atoms with Gasteiger partial charge in [-0.1, -0.05) is 36.4 Å². The van der Waals surface area contributed by atoms with E-state index >= 15 is 4.39 Å². The molecule has 1 amide bonds. The van der Waals surface area contributed by atoms with Crippen LogP contribution in [0.25, 0.3) is 22.3 Å². The number of halogens is 1. The highest BCUT2D eigenvalue weighted by Gasteiger charge is 2.33. The number of aromatic nitrogens is 1. The Morgan fingerprint density at radius 1 is 1.03 bits per heavy atom. The van der Waals surface area contributed by atoms with Gasteiger partial charge in [-0.2, -0.15) is 0 Å². The number of ether oxygens (including phenoxy) is 1. The maximum Gasteiger partial charge on any atom is 0.309 e. The Morgan fingerprint density at radius 2 is 1.77 bits per heavy atom. The summed E-state index contributed by atoms with van der Waals surface area (Å²) in [6.07, 6.45) is 1.57. The van der Waals surface area contributed by atoms with Gasteiger partial charge in [-0.3, -0.25) is 19.5 Å². The summed E-state index contributed by atoms with van der Waals surface area (Å²) in [6, 6.07) is 21.9. The molecular weight excluding hydrogens is 497 g/mol. The Kier molecular flexibility index (Phi) is 7.38. The van der Waals surface area contributed by atoms with Crippen LogP contribution in [0.5, 0.6) is 5.75 Å². The minimum Gasteiger partial charge on any atom is -0.496 e. The number of pyridine rings is 1. The summed E-state index contributed by atoms with van der Waals surface area (Å²) in [6.45, 7) is 3.05. The SMILES string of the molecule is COc1cc(-c2cccc(-c3cccc(NC(=O)c4ccccn4)c3)c2C)cc(F)c1CN1CC(C(=O)O)C1. The van der Waals surface area contributed by atoms with E-state index in [0.29, 0.717) is 41.3 Å². The number of likely N-dealkylation sites (tertiary alicyclic amines) is 1. The molecule has 1 aromatic heterocycles. The number of carbonyl (C=O) groups excluding carboxylic acids is 1. The number of nitrogens with zero attached hydrogens (tertiary/aromatic N) is 2. The second-order valence-electron chi connectivity index (χ2n) is 9.60. The lowest BCUT2D eigenvalue weighted by molar-refractivity contribution is -0.147. The molecule has 0 bridgehead atoms. The molecule has 1 aliphatic rings. The molecule has 5 rings (SSSR count). The molecule has 0 unspecified atom stereocenters. The largest absolute Gasteiger partial charge is 0.496 e. The number of benzene rings is 3. The summed E-state index contributed by atoms with van der Waals surface area (Å²) >= 11 is 0. The third-order valence-electron chi connectivity index (χ3n) is 7.04. The van der Waals surface area contributed by atoms with Crippen LogP contribution >= 0.6 is 0 Å². The molecular formula is C31H28FN3O4. The van der Waals surface area contributed by atoms with Crippen molar-refractivity contribution in [1.29, 1.82) is 0 Å². The molecule has 2 N–H and O–H groups in total. The normalized spacial score (nSPS) is 13.5. The first-order valence-electron chi connectivity index (χ1n) is 12.6. The fraction of sp³-hybridized carbons (Fsp3) is 0.194. The first-order valence-corrected chi connectivity index (χ1v) is 12.6. The summed E-state index contributed by atoms with van der Waals surface area (Å²) in [4.78, 5) is 29.7. The van der Waals surface area contributed by atoms with Crippen LogP contribution in [0.4, 0.5) is 10.1 Å². The maximum atomic E-state index is 15.4. The second kappa shape index (κ2) is 11.0. The number of anilines is 1. The van der Waals surface area contributed by atoms with E-state index in [1.165, 1.54) is 13.2 Å². The van der Waals surface area contributed by atoms with E-state index < -0.39 is 17.7 Å². The van der Waals surface area contributed by atoms with E-state index in [2.05, 4.69) is 10.3 Å². The highest BCUT2D eigenvalue weighted by Crippen LogP contribution is 2.37. The molecule has 8 heteroatoms. The van der Waals surface area contributed by atoms with Gasteiger partial charge in [-0.05, 0) is 71.1 Å². The van der Waals surface area contributed by atoms with E-state index in [9.17, 15) is 9.59 Å². The minimum atomic E-state index is -0.828. The number of nitrogens with one attached hydrogen (secondary N) is 1. The van der Waals surface area contributed by atoms with Crippen molar-refractivity contribution in [1.82, 2.24) is 9.88 Å². The van der Waals surface area contributed by atoms with Crippen LogP contribution in [0.3, 0.4) is 0 Å². The zero-order valence-electron chi connectivity index (χ0n) is 21.6. The fourth-order valence-electron chi connectivity index (χ4n) is 4.90. The maximum absolute atomic E-state index is 15.4. The lowest BCUT2D eigenvalue weighted by Gasteiger charge is -2.36. The molecule has 2 heterocycles. The molecule has 1 saturated heterocycles. The number of carboxylic acids is 1.